The average Bonchev–Trinajstić information content (AvgIpc) is 2.76. The van der Waals surface area contributed by atoms with Crippen LogP contribution in [0.2, 0.25) is 0 Å². The van der Waals surface area contributed by atoms with Crippen LogP contribution >= 0.6 is 27.3 Å². The number of anilines is 1. The fourth-order valence-electron chi connectivity index (χ4n) is 1.61. The van der Waals surface area contributed by atoms with Crippen LogP contribution in [0.15, 0.2) is 28.7 Å². The van der Waals surface area contributed by atoms with Gasteiger partial charge in [0.1, 0.15) is 5.01 Å². The smallest absolute Gasteiger partial charge is 0.219 e. The van der Waals surface area contributed by atoms with Crippen molar-refractivity contribution in [3.8, 4) is 0 Å². The molecule has 7 heteroatoms. The summed E-state index contributed by atoms with van der Waals surface area (Å²) in [5.74, 6) is 5.27. The van der Waals surface area contributed by atoms with Gasteiger partial charge in [0.25, 0.3) is 0 Å². The van der Waals surface area contributed by atoms with Crippen LogP contribution in [0.3, 0.4) is 0 Å². The second kappa shape index (κ2) is 6.24. The molecule has 0 aliphatic rings. The summed E-state index contributed by atoms with van der Waals surface area (Å²) < 4.78 is 1.10. The van der Waals surface area contributed by atoms with Gasteiger partial charge in [-0.2, -0.15) is 0 Å². The Morgan fingerprint density at radius 1 is 1.39 bits per heavy atom. The molecule has 0 aliphatic carbocycles. The number of rotatable bonds is 5. The van der Waals surface area contributed by atoms with Crippen molar-refractivity contribution >= 4 is 32.4 Å². The third kappa shape index (κ3) is 3.74. The second-order valence-corrected chi connectivity index (χ2v) is 5.93. The molecule has 1 heterocycles. The lowest BCUT2D eigenvalue weighted by Crippen LogP contribution is -2.17. The van der Waals surface area contributed by atoms with E-state index in [4.69, 9.17) is 5.84 Å². The molecule has 2 rings (SSSR count). The zero-order valence-corrected chi connectivity index (χ0v) is 12.3. The summed E-state index contributed by atoms with van der Waals surface area (Å²) in [6.07, 6.45) is 0. The van der Waals surface area contributed by atoms with Crippen molar-refractivity contribution in [3.05, 3.63) is 39.3 Å². The van der Waals surface area contributed by atoms with Crippen LogP contribution in [0.4, 0.5) is 5.13 Å². The summed E-state index contributed by atoms with van der Waals surface area (Å²) in [5.41, 5.74) is 3.76. The Balaban J connectivity index is 1.94. The number of aromatic nitrogens is 2. The summed E-state index contributed by atoms with van der Waals surface area (Å²) in [5, 5.41) is 9.55. The minimum atomic E-state index is 0.640. The maximum Gasteiger partial charge on any atom is 0.219 e. The van der Waals surface area contributed by atoms with Gasteiger partial charge in [0.15, 0.2) is 0 Å². The standard InChI is InChI=1S/C11H14BrN5S/c1-17(6-8-3-2-4-9(12)5-8)7-10-15-16-11(14-13)18-10/h2-5H,6-7,13H2,1H3,(H,14,16). The Bertz CT molecular complexity index is 516. The highest BCUT2D eigenvalue weighted by atomic mass is 79.9. The molecule has 96 valence electrons. The van der Waals surface area contributed by atoms with Gasteiger partial charge in [-0.25, -0.2) is 5.84 Å². The Kier molecular flexibility index (Phi) is 4.65. The van der Waals surface area contributed by atoms with E-state index in [0.29, 0.717) is 5.13 Å². The fraction of sp³-hybridized carbons (Fsp3) is 0.273. The van der Waals surface area contributed by atoms with E-state index >= 15 is 0 Å². The molecule has 0 spiro atoms. The van der Waals surface area contributed by atoms with Crippen LogP contribution in [-0.4, -0.2) is 22.1 Å². The molecule has 0 radical (unpaired) electrons. The molecule has 0 fully saturated rings. The van der Waals surface area contributed by atoms with Crippen LogP contribution in [0.25, 0.3) is 0 Å². The van der Waals surface area contributed by atoms with Gasteiger partial charge in [0.05, 0.1) is 6.54 Å². The predicted molar refractivity (Wildman–Crippen MR) is 77.0 cm³/mol. The van der Waals surface area contributed by atoms with Gasteiger partial charge in [0.2, 0.25) is 5.13 Å². The Morgan fingerprint density at radius 3 is 2.89 bits per heavy atom. The molecule has 0 saturated heterocycles. The molecule has 0 bridgehead atoms. The summed E-state index contributed by atoms with van der Waals surface area (Å²) in [4.78, 5) is 2.18. The minimum Gasteiger partial charge on any atom is -0.298 e. The van der Waals surface area contributed by atoms with Crippen LogP contribution in [0, 0.1) is 0 Å². The van der Waals surface area contributed by atoms with E-state index in [-0.39, 0.29) is 0 Å². The number of halogens is 1. The molecule has 0 saturated carbocycles. The third-order valence-corrected chi connectivity index (χ3v) is 3.67. The van der Waals surface area contributed by atoms with Crippen LogP contribution in [0.1, 0.15) is 10.6 Å². The van der Waals surface area contributed by atoms with Crippen molar-refractivity contribution < 1.29 is 0 Å². The number of hydrazine groups is 1. The summed E-state index contributed by atoms with van der Waals surface area (Å²) in [6, 6.07) is 8.28. The molecular formula is C11H14BrN5S. The zero-order chi connectivity index (χ0) is 13.0. The minimum absolute atomic E-state index is 0.640. The third-order valence-electron chi connectivity index (χ3n) is 2.34. The molecule has 1 aromatic carbocycles. The maximum absolute atomic E-state index is 5.27. The van der Waals surface area contributed by atoms with Crippen molar-refractivity contribution in [1.82, 2.24) is 15.1 Å². The maximum atomic E-state index is 5.27. The number of benzene rings is 1. The summed E-state index contributed by atoms with van der Waals surface area (Å²) in [6.45, 7) is 1.62. The van der Waals surface area contributed by atoms with E-state index in [2.05, 4.69) is 55.6 Å². The molecule has 18 heavy (non-hydrogen) atoms. The summed E-state index contributed by atoms with van der Waals surface area (Å²) in [7, 11) is 2.05. The largest absolute Gasteiger partial charge is 0.298 e. The second-order valence-electron chi connectivity index (χ2n) is 3.95. The first kappa shape index (κ1) is 13.4. The summed E-state index contributed by atoms with van der Waals surface area (Å²) >= 11 is 4.94. The van der Waals surface area contributed by atoms with E-state index in [1.54, 1.807) is 0 Å². The van der Waals surface area contributed by atoms with Crippen molar-refractivity contribution in [2.45, 2.75) is 13.1 Å². The lowest BCUT2D eigenvalue weighted by atomic mass is 10.2. The molecule has 0 atom stereocenters. The number of hydrogen-bond donors (Lipinski definition) is 2. The van der Waals surface area contributed by atoms with E-state index in [9.17, 15) is 0 Å². The van der Waals surface area contributed by atoms with Gasteiger partial charge in [-0.3, -0.25) is 10.3 Å². The number of nitrogens with zero attached hydrogens (tertiary/aromatic N) is 3. The van der Waals surface area contributed by atoms with E-state index in [1.165, 1.54) is 16.9 Å². The molecule has 2 aromatic rings. The van der Waals surface area contributed by atoms with Crippen molar-refractivity contribution in [2.24, 2.45) is 5.84 Å². The van der Waals surface area contributed by atoms with Gasteiger partial charge in [-0.15, -0.1) is 10.2 Å². The Hall–Kier alpha value is -1.02. The van der Waals surface area contributed by atoms with Gasteiger partial charge >= 0.3 is 0 Å². The topological polar surface area (TPSA) is 67.1 Å². The number of nitrogen functional groups attached to an aromatic ring is 1. The number of nitrogens with two attached hydrogens (primary N) is 1. The number of hydrogen-bond acceptors (Lipinski definition) is 6. The van der Waals surface area contributed by atoms with Gasteiger partial charge in [-0.1, -0.05) is 39.4 Å². The van der Waals surface area contributed by atoms with Gasteiger partial charge in [0, 0.05) is 11.0 Å². The zero-order valence-electron chi connectivity index (χ0n) is 9.93. The van der Waals surface area contributed by atoms with Crippen molar-refractivity contribution in [3.63, 3.8) is 0 Å². The fourth-order valence-corrected chi connectivity index (χ4v) is 2.79. The van der Waals surface area contributed by atoms with E-state index in [1.807, 2.05) is 12.1 Å². The lowest BCUT2D eigenvalue weighted by Gasteiger charge is -2.14. The molecule has 5 nitrogen and oxygen atoms in total. The highest BCUT2D eigenvalue weighted by molar-refractivity contribution is 9.10. The number of nitrogens with one attached hydrogen (secondary N) is 1. The normalized spacial score (nSPS) is 10.9. The molecule has 0 aliphatic heterocycles. The SMILES string of the molecule is CN(Cc1cccc(Br)c1)Cc1nnc(NN)s1. The van der Waals surface area contributed by atoms with Crippen LogP contribution in [-0.2, 0) is 13.1 Å². The quantitative estimate of drug-likeness (QED) is 0.651. The van der Waals surface area contributed by atoms with Gasteiger partial charge < -0.3 is 0 Å². The molecule has 0 amide bonds. The van der Waals surface area contributed by atoms with E-state index < -0.39 is 0 Å². The molecule has 3 N–H and O–H groups in total. The van der Waals surface area contributed by atoms with Crippen molar-refractivity contribution in [2.75, 3.05) is 12.5 Å². The lowest BCUT2D eigenvalue weighted by molar-refractivity contribution is 0.317. The highest BCUT2D eigenvalue weighted by Crippen LogP contribution is 2.17. The molecular weight excluding hydrogens is 314 g/mol. The average molecular weight is 328 g/mol. The Labute approximate surface area is 118 Å². The monoisotopic (exact) mass is 327 g/mol. The van der Waals surface area contributed by atoms with E-state index in [0.717, 1.165) is 22.6 Å². The van der Waals surface area contributed by atoms with Gasteiger partial charge in [-0.05, 0) is 24.7 Å². The highest BCUT2D eigenvalue weighted by Gasteiger charge is 2.07. The van der Waals surface area contributed by atoms with Crippen LogP contribution < -0.4 is 11.3 Å². The first-order valence-corrected chi connectivity index (χ1v) is 7.00. The van der Waals surface area contributed by atoms with Crippen LogP contribution in [0.5, 0.6) is 0 Å². The first-order chi connectivity index (χ1) is 8.67. The molecule has 0 unspecified atom stereocenters. The Morgan fingerprint density at radius 2 is 2.22 bits per heavy atom. The first-order valence-electron chi connectivity index (χ1n) is 5.39. The van der Waals surface area contributed by atoms with Crippen molar-refractivity contribution in [1.29, 1.82) is 0 Å². The molecule has 1 aromatic heterocycles. The predicted octanol–water partition coefficient (Wildman–Crippen LogP) is 2.22.